The summed E-state index contributed by atoms with van der Waals surface area (Å²) in [7, 11) is 0. The fourth-order valence-electron chi connectivity index (χ4n) is 4.28. The highest BCUT2D eigenvalue weighted by molar-refractivity contribution is 7.13. The molecule has 1 aromatic carbocycles. The minimum Gasteiger partial charge on any atom is -0.447 e. The molecule has 2 aliphatic heterocycles. The van der Waals surface area contributed by atoms with Crippen molar-refractivity contribution in [3.63, 3.8) is 0 Å². The third kappa shape index (κ3) is 3.90. The van der Waals surface area contributed by atoms with Crippen molar-refractivity contribution in [1.82, 2.24) is 19.8 Å². The molecule has 2 amide bonds. The smallest absolute Gasteiger partial charge is 0.410 e. The van der Waals surface area contributed by atoms with Gasteiger partial charge in [-0.1, -0.05) is 30.3 Å². The second kappa shape index (κ2) is 8.47. The number of hydrogen-bond donors (Lipinski definition) is 0. The fraction of sp³-hybridized carbons (Fsp3) is 0.304. The maximum atomic E-state index is 13.0. The number of amides is 2. The van der Waals surface area contributed by atoms with Crippen LogP contribution in [0, 0.1) is 0 Å². The number of cyclic esters (lactones) is 1. The zero-order valence-electron chi connectivity index (χ0n) is 16.9. The Balaban J connectivity index is 1.25. The molecule has 0 bridgehead atoms. The molecule has 8 heteroatoms. The topological polar surface area (TPSA) is 75.6 Å². The van der Waals surface area contributed by atoms with Crippen LogP contribution in [0.2, 0.25) is 0 Å². The summed E-state index contributed by atoms with van der Waals surface area (Å²) >= 11 is 1.46. The van der Waals surface area contributed by atoms with Gasteiger partial charge in [0.2, 0.25) is 0 Å². The highest BCUT2D eigenvalue weighted by Gasteiger charge is 2.40. The number of rotatable bonds is 4. The Hall–Kier alpha value is -3.26. The second-order valence-corrected chi connectivity index (χ2v) is 8.57. The molecule has 2 fully saturated rings. The summed E-state index contributed by atoms with van der Waals surface area (Å²) in [4.78, 5) is 37.7. The normalized spacial score (nSPS) is 19.5. The number of ether oxygens (including phenoxy) is 1. The average molecular weight is 435 g/mol. The largest absolute Gasteiger partial charge is 0.447 e. The van der Waals surface area contributed by atoms with E-state index in [-0.39, 0.29) is 24.1 Å². The molecule has 0 spiro atoms. The van der Waals surface area contributed by atoms with E-state index in [9.17, 15) is 9.59 Å². The zero-order valence-corrected chi connectivity index (χ0v) is 17.7. The first-order valence-electron chi connectivity index (χ1n) is 10.4. The van der Waals surface area contributed by atoms with Gasteiger partial charge in [0.05, 0.1) is 6.04 Å². The summed E-state index contributed by atoms with van der Waals surface area (Å²) in [6, 6.07) is 13.7. The van der Waals surface area contributed by atoms with Gasteiger partial charge in [-0.25, -0.2) is 9.78 Å². The minimum atomic E-state index is -0.264. The predicted octanol–water partition coefficient (Wildman–Crippen LogP) is 4.00. The van der Waals surface area contributed by atoms with Crippen LogP contribution in [-0.4, -0.2) is 57.5 Å². The van der Waals surface area contributed by atoms with E-state index in [1.54, 1.807) is 12.4 Å². The first-order valence-corrected chi connectivity index (χ1v) is 11.2. The lowest BCUT2D eigenvalue weighted by atomic mass is 9.99. The molecule has 5 rings (SSSR count). The predicted molar refractivity (Wildman–Crippen MR) is 117 cm³/mol. The molecular weight excluding hydrogens is 412 g/mol. The SMILES string of the molecule is O=C(c1csc(-c2ccncc2)n1)N1CCC(N2C(=O)OC[C@H]2c2ccccc2)CC1. The lowest BCUT2D eigenvalue weighted by Crippen LogP contribution is -2.47. The van der Waals surface area contributed by atoms with E-state index in [0.29, 0.717) is 25.4 Å². The van der Waals surface area contributed by atoms with Crippen LogP contribution in [0.25, 0.3) is 10.6 Å². The summed E-state index contributed by atoms with van der Waals surface area (Å²) in [5, 5.41) is 2.62. The van der Waals surface area contributed by atoms with Crippen molar-refractivity contribution >= 4 is 23.3 Å². The number of carbonyl (C=O) groups excluding carboxylic acids is 2. The van der Waals surface area contributed by atoms with E-state index in [1.165, 1.54) is 11.3 Å². The molecule has 1 atom stereocenters. The maximum absolute atomic E-state index is 13.0. The van der Waals surface area contributed by atoms with E-state index < -0.39 is 0 Å². The zero-order chi connectivity index (χ0) is 21.2. The van der Waals surface area contributed by atoms with Gasteiger partial charge in [-0.15, -0.1) is 11.3 Å². The van der Waals surface area contributed by atoms with Gasteiger partial charge in [-0.3, -0.25) is 14.7 Å². The van der Waals surface area contributed by atoms with Gasteiger partial charge in [0, 0.05) is 42.5 Å². The van der Waals surface area contributed by atoms with Crippen molar-refractivity contribution in [2.75, 3.05) is 19.7 Å². The summed E-state index contributed by atoms with van der Waals surface area (Å²) in [6.45, 7) is 1.56. The van der Waals surface area contributed by atoms with Crippen LogP contribution in [0.3, 0.4) is 0 Å². The summed E-state index contributed by atoms with van der Waals surface area (Å²) < 4.78 is 5.37. The number of likely N-dealkylation sites (tertiary alicyclic amines) is 1. The molecule has 2 aliphatic rings. The van der Waals surface area contributed by atoms with Gasteiger partial charge in [-0.2, -0.15) is 0 Å². The quantitative estimate of drug-likeness (QED) is 0.620. The number of carbonyl (C=O) groups is 2. The number of thiazole rings is 1. The van der Waals surface area contributed by atoms with Crippen molar-refractivity contribution in [3.05, 3.63) is 71.5 Å². The van der Waals surface area contributed by atoms with Crippen LogP contribution >= 0.6 is 11.3 Å². The highest BCUT2D eigenvalue weighted by atomic mass is 32.1. The van der Waals surface area contributed by atoms with Gasteiger partial charge >= 0.3 is 6.09 Å². The van der Waals surface area contributed by atoms with E-state index in [1.807, 2.05) is 57.6 Å². The van der Waals surface area contributed by atoms with Crippen molar-refractivity contribution in [1.29, 1.82) is 0 Å². The van der Waals surface area contributed by atoms with Crippen LogP contribution in [0.1, 0.15) is 34.9 Å². The van der Waals surface area contributed by atoms with Crippen LogP contribution in [0.15, 0.2) is 60.2 Å². The lowest BCUT2D eigenvalue weighted by Gasteiger charge is -2.37. The summed E-state index contributed by atoms with van der Waals surface area (Å²) in [5.41, 5.74) is 2.51. The van der Waals surface area contributed by atoms with Crippen LogP contribution in [0.5, 0.6) is 0 Å². The number of benzene rings is 1. The van der Waals surface area contributed by atoms with Crippen molar-refractivity contribution in [3.8, 4) is 10.6 Å². The second-order valence-electron chi connectivity index (χ2n) is 7.71. The Morgan fingerprint density at radius 3 is 2.55 bits per heavy atom. The monoisotopic (exact) mass is 434 g/mol. The Labute approximate surface area is 184 Å². The molecular formula is C23H22N4O3S. The first-order chi connectivity index (χ1) is 15.2. The Bertz CT molecular complexity index is 1060. The third-order valence-corrected chi connectivity index (χ3v) is 6.78. The molecule has 0 N–H and O–H groups in total. The van der Waals surface area contributed by atoms with Crippen LogP contribution in [0.4, 0.5) is 4.79 Å². The number of piperidine rings is 1. The maximum Gasteiger partial charge on any atom is 0.410 e. The number of aromatic nitrogens is 2. The lowest BCUT2D eigenvalue weighted by molar-refractivity contribution is 0.0631. The first kappa shape index (κ1) is 19.7. The van der Waals surface area contributed by atoms with Gasteiger partial charge in [0.1, 0.15) is 17.3 Å². The number of nitrogens with zero attached hydrogens (tertiary/aromatic N) is 4. The third-order valence-electron chi connectivity index (χ3n) is 5.89. The molecule has 31 heavy (non-hydrogen) atoms. The Kier molecular flexibility index (Phi) is 5.38. The molecule has 3 aromatic rings. The van der Waals surface area contributed by atoms with E-state index in [4.69, 9.17) is 4.74 Å². The Morgan fingerprint density at radius 2 is 1.81 bits per heavy atom. The molecule has 0 aliphatic carbocycles. The van der Waals surface area contributed by atoms with Crippen molar-refractivity contribution in [2.45, 2.75) is 24.9 Å². The molecule has 0 unspecified atom stereocenters. The van der Waals surface area contributed by atoms with Crippen LogP contribution < -0.4 is 0 Å². The molecule has 0 saturated carbocycles. The van der Waals surface area contributed by atoms with Crippen LogP contribution in [-0.2, 0) is 4.74 Å². The summed E-state index contributed by atoms with van der Waals surface area (Å²) in [5.74, 6) is -0.0568. The molecule has 7 nitrogen and oxygen atoms in total. The molecule has 4 heterocycles. The standard InChI is InChI=1S/C23H22N4O3S/c28-22(19-15-31-21(25-19)17-6-10-24-11-7-17)26-12-8-18(9-13-26)27-20(14-30-23(27)29)16-4-2-1-3-5-16/h1-7,10-11,15,18,20H,8-9,12-14H2/t20-/m0/s1. The molecule has 2 saturated heterocycles. The number of hydrogen-bond acceptors (Lipinski definition) is 6. The number of pyridine rings is 1. The summed E-state index contributed by atoms with van der Waals surface area (Å²) in [6.07, 6.45) is 4.63. The van der Waals surface area contributed by atoms with Gasteiger partial charge < -0.3 is 9.64 Å². The van der Waals surface area contributed by atoms with Gasteiger partial charge in [-0.05, 0) is 30.5 Å². The molecule has 0 radical (unpaired) electrons. The van der Waals surface area contributed by atoms with Gasteiger partial charge in [0.25, 0.3) is 5.91 Å². The highest BCUT2D eigenvalue weighted by Crippen LogP contribution is 2.33. The molecule has 2 aromatic heterocycles. The minimum absolute atomic E-state index is 0.0568. The van der Waals surface area contributed by atoms with E-state index in [2.05, 4.69) is 9.97 Å². The van der Waals surface area contributed by atoms with E-state index >= 15 is 0 Å². The fourth-order valence-corrected chi connectivity index (χ4v) is 5.08. The molecule has 158 valence electrons. The Morgan fingerprint density at radius 1 is 1.06 bits per heavy atom. The van der Waals surface area contributed by atoms with Crippen molar-refractivity contribution in [2.24, 2.45) is 0 Å². The average Bonchev–Trinajstić information content (AvgIpc) is 3.47. The van der Waals surface area contributed by atoms with Crippen molar-refractivity contribution < 1.29 is 14.3 Å². The van der Waals surface area contributed by atoms with E-state index in [0.717, 1.165) is 29.0 Å². The van der Waals surface area contributed by atoms with Gasteiger partial charge in [0.15, 0.2) is 0 Å².